The highest BCUT2D eigenvalue weighted by Crippen LogP contribution is 2.06. The molecule has 0 spiro atoms. The molecule has 0 aliphatic heterocycles. The summed E-state index contributed by atoms with van der Waals surface area (Å²) in [6.07, 6.45) is 2.81. The summed E-state index contributed by atoms with van der Waals surface area (Å²) in [6, 6.07) is 0. The van der Waals surface area contributed by atoms with Crippen molar-refractivity contribution >= 4 is 9.84 Å². The molecule has 3 nitrogen and oxygen atoms in total. The lowest BCUT2D eigenvalue weighted by molar-refractivity contribution is 0.418. The molecule has 0 aromatic rings. The van der Waals surface area contributed by atoms with Crippen LogP contribution in [0, 0.1) is 0 Å². The van der Waals surface area contributed by atoms with Crippen molar-refractivity contribution in [3.8, 4) is 0 Å². The van der Waals surface area contributed by atoms with Gasteiger partial charge in [0.05, 0.1) is 11.0 Å². The molecule has 0 heterocycles. The van der Waals surface area contributed by atoms with Crippen LogP contribution >= 0.6 is 0 Å². The molecule has 0 aliphatic carbocycles. The number of hydrogen-bond donors (Lipinski definition) is 1. The van der Waals surface area contributed by atoms with Crippen LogP contribution in [0.2, 0.25) is 0 Å². The summed E-state index contributed by atoms with van der Waals surface area (Å²) in [5, 5.41) is 3.16. The lowest BCUT2D eigenvalue weighted by atomic mass is 10.1. The third kappa shape index (κ3) is 8.11. The number of rotatable bonds is 7. The molecule has 0 rings (SSSR count). The zero-order valence-corrected chi connectivity index (χ0v) is 12.2. The van der Waals surface area contributed by atoms with Crippen LogP contribution in [0.5, 0.6) is 0 Å². The van der Waals surface area contributed by atoms with Crippen LogP contribution in [-0.4, -0.2) is 31.5 Å². The Bertz CT molecular complexity index is 276. The van der Waals surface area contributed by atoms with Gasteiger partial charge in [0, 0.05) is 5.54 Å². The first-order valence-electron chi connectivity index (χ1n) is 6.12. The predicted molar refractivity (Wildman–Crippen MR) is 70.5 cm³/mol. The maximum atomic E-state index is 11.5. The maximum absolute atomic E-state index is 11.5. The van der Waals surface area contributed by atoms with Crippen molar-refractivity contribution in [3.05, 3.63) is 0 Å². The molecule has 4 heteroatoms. The highest BCUT2D eigenvalue weighted by Gasteiger charge is 2.15. The zero-order chi connectivity index (χ0) is 12.8. The Labute approximate surface area is 101 Å². The van der Waals surface area contributed by atoms with E-state index in [0.29, 0.717) is 5.75 Å². The van der Waals surface area contributed by atoms with Crippen LogP contribution in [0.4, 0.5) is 0 Å². The van der Waals surface area contributed by atoms with Crippen molar-refractivity contribution in [1.82, 2.24) is 5.32 Å². The van der Waals surface area contributed by atoms with E-state index < -0.39 is 9.84 Å². The lowest BCUT2D eigenvalue weighted by Crippen LogP contribution is -2.36. The molecule has 0 radical (unpaired) electrons. The fraction of sp³-hybridized carbons (Fsp3) is 1.00. The second-order valence-corrected chi connectivity index (χ2v) is 8.33. The molecule has 0 aliphatic rings. The minimum atomic E-state index is -2.83. The smallest absolute Gasteiger partial charge is 0.152 e. The van der Waals surface area contributed by atoms with E-state index in [1.807, 2.05) is 0 Å². The second-order valence-electron chi connectivity index (χ2n) is 5.65. The molecule has 98 valence electrons. The average molecular weight is 249 g/mol. The average Bonchev–Trinajstić information content (AvgIpc) is 2.09. The van der Waals surface area contributed by atoms with Crippen molar-refractivity contribution in [1.29, 1.82) is 0 Å². The summed E-state index contributed by atoms with van der Waals surface area (Å²) in [5.74, 6) is 0.334. The quantitative estimate of drug-likeness (QED) is 0.705. The van der Waals surface area contributed by atoms with Gasteiger partial charge < -0.3 is 5.32 Å². The molecule has 0 unspecified atom stereocenters. The molecular formula is C12H27NO2S. The highest BCUT2D eigenvalue weighted by molar-refractivity contribution is 7.91. The van der Waals surface area contributed by atoms with Crippen molar-refractivity contribution < 1.29 is 8.42 Å². The molecule has 0 aromatic carbocycles. The molecule has 0 fully saturated rings. The monoisotopic (exact) mass is 249 g/mol. The molecule has 0 saturated heterocycles. The second kappa shape index (κ2) is 6.60. The van der Waals surface area contributed by atoms with Gasteiger partial charge >= 0.3 is 0 Å². The van der Waals surface area contributed by atoms with E-state index >= 15 is 0 Å². The maximum Gasteiger partial charge on any atom is 0.152 e. The third-order valence-corrected chi connectivity index (χ3v) is 4.77. The Morgan fingerprint density at radius 1 is 1.06 bits per heavy atom. The zero-order valence-electron chi connectivity index (χ0n) is 11.3. The fourth-order valence-corrected chi connectivity index (χ4v) is 2.38. The Kier molecular flexibility index (Phi) is 6.56. The predicted octanol–water partition coefficient (Wildman–Crippen LogP) is 2.37. The molecular weight excluding hydrogens is 222 g/mol. The van der Waals surface area contributed by atoms with Crippen LogP contribution in [0.25, 0.3) is 0 Å². The van der Waals surface area contributed by atoms with Gasteiger partial charge in [0.2, 0.25) is 0 Å². The fourth-order valence-electron chi connectivity index (χ4n) is 1.30. The molecule has 0 bridgehead atoms. The summed E-state index contributed by atoms with van der Waals surface area (Å²) < 4.78 is 23.0. The van der Waals surface area contributed by atoms with Crippen molar-refractivity contribution in [2.75, 3.05) is 12.3 Å². The molecule has 1 N–H and O–H groups in total. The van der Waals surface area contributed by atoms with Gasteiger partial charge in [-0.05, 0) is 54.0 Å². The number of unbranched alkanes of at least 4 members (excludes halogenated alkanes) is 2. The Morgan fingerprint density at radius 3 is 2.06 bits per heavy atom. The van der Waals surface area contributed by atoms with E-state index in [1.54, 1.807) is 13.8 Å². The minimum Gasteiger partial charge on any atom is -0.312 e. The van der Waals surface area contributed by atoms with E-state index in [2.05, 4.69) is 26.1 Å². The summed E-state index contributed by atoms with van der Waals surface area (Å²) >= 11 is 0. The van der Waals surface area contributed by atoms with E-state index in [4.69, 9.17) is 0 Å². The Hall–Kier alpha value is -0.0900. The first-order valence-corrected chi connectivity index (χ1v) is 7.83. The van der Waals surface area contributed by atoms with Crippen LogP contribution in [0.1, 0.15) is 53.9 Å². The topological polar surface area (TPSA) is 46.2 Å². The van der Waals surface area contributed by atoms with E-state index in [-0.39, 0.29) is 10.8 Å². The first kappa shape index (κ1) is 15.9. The molecule has 0 aromatic heterocycles. The standard InChI is InChI=1S/C12H27NO2S/c1-11(2)16(14,15)10-8-6-7-9-13-12(3,4)5/h11,13H,6-10H2,1-5H3. The summed E-state index contributed by atoms with van der Waals surface area (Å²) in [5.41, 5.74) is 0.157. The van der Waals surface area contributed by atoms with Gasteiger partial charge in [-0.15, -0.1) is 0 Å². The Morgan fingerprint density at radius 2 is 1.62 bits per heavy atom. The van der Waals surface area contributed by atoms with Gasteiger partial charge in [0.1, 0.15) is 0 Å². The van der Waals surface area contributed by atoms with Crippen LogP contribution in [0.15, 0.2) is 0 Å². The van der Waals surface area contributed by atoms with E-state index in [9.17, 15) is 8.42 Å². The van der Waals surface area contributed by atoms with Crippen molar-refractivity contribution in [2.45, 2.75) is 64.7 Å². The normalized spacial score (nSPS) is 13.4. The molecule has 0 amide bonds. The summed E-state index contributed by atoms with van der Waals surface area (Å²) in [6.45, 7) is 10.9. The van der Waals surface area contributed by atoms with Crippen molar-refractivity contribution in [2.24, 2.45) is 0 Å². The highest BCUT2D eigenvalue weighted by atomic mass is 32.2. The van der Waals surface area contributed by atoms with Gasteiger partial charge in [-0.3, -0.25) is 0 Å². The van der Waals surface area contributed by atoms with E-state index in [1.165, 1.54) is 0 Å². The molecule has 16 heavy (non-hydrogen) atoms. The van der Waals surface area contributed by atoms with Crippen LogP contribution < -0.4 is 5.32 Å². The number of hydrogen-bond acceptors (Lipinski definition) is 3. The van der Waals surface area contributed by atoms with E-state index in [0.717, 1.165) is 25.8 Å². The molecule has 0 saturated carbocycles. The number of sulfone groups is 1. The van der Waals surface area contributed by atoms with Gasteiger partial charge in [0.15, 0.2) is 9.84 Å². The van der Waals surface area contributed by atoms with Gasteiger partial charge in [-0.2, -0.15) is 0 Å². The van der Waals surface area contributed by atoms with Crippen molar-refractivity contribution in [3.63, 3.8) is 0 Å². The number of nitrogens with one attached hydrogen (secondary N) is 1. The van der Waals surface area contributed by atoms with Gasteiger partial charge in [-0.25, -0.2) is 8.42 Å². The van der Waals surface area contributed by atoms with Crippen LogP contribution in [-0.2, 0) is 9.84 Å². The summed E-state index contributed by atoms with van der Waals surface area (Å²) in [4.78, 5) is 0. The largest absolute Gasteiger partial charge is 0.312 e. The first-order chi connectivity index (χ1) is 7.15. The minimum absolute atomic E-state index is 0.157. The van der Waals surface area contributed by atoms with Crippen LogP contribution in [0.3, 0.4) is 0 Å². The van der Waals surface area contributed by atoms with Gasteiger partial charge in [0.25, 0.3) is 0 Å². The third-order valence-electron chi connectivity index (χ3n) is 2.48. The summed E-state index contributed by atoms with van der Waals surface area (Å²) in [7, 11) is -2.83. The Balaban J connectivity index is 3.56. The molecule has 0 atom stereocenters. The van der Waals surface area contributed by atoms with Gasteiger partial charge in [-0.1, -0.05) is 6.42 Å². The SMILES string of the molecule is CC(C)S(=O)(=O)CCCCCNC(C)(C)C. The lowest BCUT2D eigenvalue weighted by Gasteiger charge is -2.20.